The standard InChI is InChI=1S/C18H32N2O8S/c1-5-7-9-20(10-8-6-2)15(21)14(11-13(3)4)19-16(22)18(17(23)24)12-27-29(25,26)28-18/h13-14H,5-12H2,1-4H3,(H,19,22)(H,23,24)/t14-,18-/m0/s1. The summed E-state index contributed by atoms with van der Waals surface area (Å²) in [5.74, 6) is -3.33. The van der Waals surface area contributed by atoms with Crippen molar-refractivity contribution in [3.63, 3.8) is 0 Å². The fraction of sp³-hybridized carbons (Fsp3) is 0.833. The fourth-order valence-corrected chi connectivity index (χ4v) is 3.80. The average molecular weight is 437 g/mol. The van der Waals surface area contributed by atoms with Gasteiger partial charge in [0.15, 0.2) is 0 Å². The van der Waals surface area contributed by atoms with E-state index in [0.717, 1.165) is 25.7 Å². The highest BCUT2D eigenvalue weighted by Gasteiger charge is 2.58. The van der Waals surface area contributed by atoms with Crippen LogP contribution in [0.25, 0.3) is 0 Å². The molecule has 0 aromatic carbocycles. The highest BCUT2D eigenvalue weighted by molar-refractivity contribution is 7.82. The number of aliphatic carboxylic acids is 1. The van der Waals surface area contributed by atoms with E-state index in [1.165, 1.54) is 0 Å². The van der Waals surface area contributed by atoms with Crippen molar-refractivity contribution >= 4 is 28.2 Å². The highest BCUT2D eigenvalue weighted by atomic mass is 32.3. The topological polar surface area (TPSA) is 139 Å². The van der Waals surface area contributed by atoms with Crippen molar-refractivity contribution in [3.8, 4) is 0 Å². The summed E-state index contributed by atoms with van der Waals surface area (Å²) < 4.78 is 31.6. The molecule has 0 aromatic heterocycles. The summed E-state index contributed by atoms with van der Waals surface area (Å²) >= 11 is 0. The van der Waals surface area contributed by atoms with Gasteiger partial charge in [0, 0.05) is 13.1 Å². The number of carbonyl (C=O) groups excluding carboxylic acids is 2. The van der Waals surface area contributed by atoms with Gasteiger partial charge >= 0.3 is 16.4 Å². The molecule has 1 saturated heterocycles. The molecule has 1 aliphatic heterocycles. The zero-order valence-corrected chi connectivity index (χ0v) is 18.3. The van der Waals surface area contributed by atoms with E-state index in [4.69, 9.17) is 0 Å². The Morgan fingerprint density at radius 1 is 1.14 bits per heavy atom. The summed E-state index contributed by atoms with van der Waals surface area (Å²) in [7, 11) is -4.60. The molecule has 0 aliphatic carbocycles. The van der Waals surface area contributed by atoms with Crippen LogP contribution >= 0.6 is 0 Å². The molecule has 0 bridgehead atoms. The van der Waals surface area contributed by atoms with E-state index in [9.17, 15) is 27.9 Å². The lowest BCUT2D eigenvalue weighted by atomic mass is 9.99. The molecule has 2 N–H and O–H groups in total. The molecule has 0 saturated carbocycles. The molecule has 1 rings (SSSR count). The Kier molecular flexibility index (Phi) is 9.50. The lowest BCUT2D eigenvalue weighted by Gasteiger charge is -2.30. The Hall–Kier alpha value is -1.72. The Labute approximate surface area is 172 Å². The lowest BCUT2D eigenvalue weighted by Crippen LogP contribution is -2.59. The minimum absolute atomic E-state index is 0.0220. The van der Waals surface area contributed by atoms with Crippen LogP contribution < -0.4 is 5.32 Å². The van der Waals surface area contributed by atoms with Gasteiger partial charge < -0.3 is 15.3 Å². The van der Waals surface area contributed by atoms with E-state index in [1.54, 1.807) is 4.90 Å². The molecule has 10 nitrogen and oxygen atoms in total. The van der Waals surface area contributed by atoms with Gasteiger partial charge in [-0.2, -0.15) is 8.42 Å². The number of carboxylic acid groups (broad SMARTS) is 1. The average Bonchev–Trinajstić information content (AvgIpc) is 2.97. The van der Waals surface area contributed by atoms with E-state index in [2.05, 4.69) is 13.7 Å². The summed E-state index contributed by atoms with van der Waals surface area (Å²) in [6.07, 6.45) is 3.64. The zero-order valence-electron chi connectivity index (χ0n) is 17.5. The molecule has 2 amide bonds. The number of rotatable bonds is 12. The van der Waals surface area contributed by atoms with Gasteiger partial charge in [-0.25, -0.2) is 13.2 Å². The second-order valence-electron chi connectivity index (χ2n) is 7.57. The number of carboxylic acids is 1. The van der Waals surface area contributed by atoms with Gasteiger partial charge in [0.25, 0.3) is 11.5 Å². The number of hydrogen-bond acceptors (Lipinski definition) is 7. The van der Waals surface area contributed by atoms with Crippen molar-refractivity contribution in [1.29, 1.82) is 0 Å². The molecule has 0 aromatic rings. The Morgan fingerprint density at radius 3 is 2.07 bits per heavy atom. The maximum atomic E-state index is 13.1. The van der Waals surface area contributed by atoms with E-state index in [0.29, 0.717) is 13.1 Å². The first kappa shape index (κ1) is 25.3. The summed E-state index contributed by atoms with van der Waals surface area (Å²) in [5, 5.41) is 11.8. The normalized spacial score (nSPS) is 21.7. The van der Waals surface area contributed by atoms with Gasteiger partial charge in [-0.1, -0.05) is 40.5 Å². The van der Waals surface area contributed by atoms with Gasteiger partial charge in [-0.05, 0) is 25.2 Å². The Bertz CT molecular complexity index is 686. The Morgan fingerprint density at radius 2 is 1.69 bits per heavy atom. The van der Waals surface area contributed by atoms with E-state index >= 15 is 0 Å². The van der Waals surface area contributed by atoms with Gasteiger partial charge in [-0.15, -0.1) is 0 Å². The summed E-state index contributed by atoms with van der Waals surface area (Å²) in [5.41, 5.74) is -2.74. The maximum Gasteiger partial charge on any atom is 0.401 e. The molecular formula is C18H32N2O8S. The minimum atomic E-state index is -4.60. The van der Waals surface area contributed by atoms with E-state index in [1.807, 2.05) is 27.7 Å². The van der Waals surface area contributed by atoms with Crippen LogP contribution in [-0.4, -0.2) is 67.5 Å². The number of carbonyl (C=O) groups is 3. The van der Waals surface area contributed by atoms with Crippen molar-refractivity contribution < 1.29 is 36.3 Å². The summed E-state index contributed by atoms with van der Waals surface area (Å²) in [4.78, 5) is 39.1. The molecule has 1 fully saturated rings. The smallest absolute Gasteiger partial charge is 0.401 e. The van der Waals surface area contributed by atoms with Crippen molar-refractivity contribution in [2.45, 2.75) is 71.4 Å². The first-order valence-electron chi connectivity index (χ1n) is 9.92. The van der Waals surface area contributed by atoms with Crippen LogP contribution in [0.15, 0.2) is 0 Å². The van der Waals surface area contributed by atoms with Crippen LogP contribution in [0.2, 0.25) is 0 Å². The van der Waals surface area contributed by atoms with Crippen molar-refractivity contribution in [2.24, 2.45) is 5.92 Å². The lowest BCUT2D eigenvalue weighted by molar-refractivity contribution is -0.162. The van der Waals surface area contributed by atoms with Crippen molar-refractivity contribution in [3.05, 3.63) is 0 Å². The molecule has 11 heteroatoms. The first-order valence-corrected chi connectivity index (χ1v) is 11.3. The van der Waals surface area contributed by atoms with Crippen LogP contribution in [-0.2, 0) is 33.1 Å². The number of unbranched alkanes of at least 4 members (excludes halogenated alkanes) is 2. The molecule has 2 atom stereocenters. The first-order chi connectivity index (χ1) is 13.5. The number of hydrogen-bond donors (Lipinski definition) is 2. The highest BCUT2D eigenvalue weighted by Crippen LogP contribution is 2.26. The minimum Gasteiger partial charge on any atom is -0.479 e. The molecule has 0 spiro atoms. The predicted octanol–water partition coefficient (Wildman–Crippen LogP) is 1.06. The van der Waals surface area contributed by atoms with Crippen molar-refractivity contribution in [2.75, 3.05) is 19.7 Å². The van der Waals surface area contributed by atoms with E-state index in [-0.39, 0.29) is 18.2 Å². The zero-order chi connectivity index (χ0) is 22.2. The molecule has 0 unspecified atom stereocenters. The third-order valence-corrected chi connectivity index (χ3v) is 5.44. The second kappa shape index (κ2) is 10.9. The summed E-state index contributed by atoms with van der Waals surface area (Å²) in [6, 6.07) is -1.00. The Balaban J connectivity index is 3.08. The van der Waals surface area contributed by atoms with Crippen LogP contribution in [0.1, 0.15) is 59.8 Å². The SMILES string of the molecule is CCCCN(CCCC)C(=O)[C@H](CC(C)C)NC(=O)[C@]1(C(=O)O)COS(=O)(=O)O1. The second-order valence-corrected chi connectivity index (χ2v) is 8.79. The number of nitrogens with zero attached hydrogens (tertiary/aromatic N) is 1. The quantitative estimate of drug-likeness (QED) is 0.433. The predicted molar refractivity (Wildman–Crippen MR) is 104 cm³/mol. The molecule has 168 valence electrons. The van der Waals surface area contributed by atoms with Crippen LogP contribution in [0.5, 0.6) is 0 Å². The van der Waals surface area contributed by atoms with Gasteiger partial charge in [-0.3, -0.25) is 9.59 Å². The fourth-order valence-electron chi connectivity index (χ4n) is 2.89. The molecular weight excluding hydrogens is 404 g/mol. The summed E-state index contributed by atoms with van der Waals surface area (Å²) in [6.45, 7) is 7.79. The van der Waals surface area contributed by atoms with Gasteiger partial charge in [0.05, 0.1) is 0 Å². The van der Waals surface area contributed by atoms with Crippen LogP contribution in [0, 0.1) is 5.92 Å². The molecule has 1 aliphatic rings. The van der Waals surface area contributed by atoms with Crippen LogP contribution in [0.3, 0.4) is 0 Å². The largest absolute Gasteiger partial charge is 0.479 e. The molecule has 29 heavy (non-hydrogen) atoms. The van der Waals surface area contributed by atoms with Gasteiger partial charge in [0.2, 0.25) is 5.91 Å². The third-order valence-electron chi connectivity index (χ3n) is 4.55. The monoisotopic (exact) mass is 436 g/mol. The van der Waals surface area contributed by atoms with E-state index < -0.39 is 40.5 Å². The molecule has 1 heterocycles. The maximum absolute atomic E-state index is 13.1. The van der Waals surface area contributed by atoms with Gasteiger partial charge in [0.1, 0.15) is 12.6 Å². The van der Waals surface area contributed by atoms with Crippen LogP contribution in [0.4, 0.5) is 0 Å². The van der Waals surface area contributed by atoms with Crippen molar-refractivity contribution in [1.82, 2.24) is 10.2 Å². The number of nitrogens with one attached hydrogen (secondary N) is 1. The number of amides is 2. The third kappa shape index (κ3) is 6.93. The molecule has 0 radical (unpaired) electrons.